The van der Waals surface area contributed by atoms with Gasteiger partial charge in [0.25, 0.3) is 0 Å². The minimum Gasteiger partial charge on any atom is -0.477 e. The molecule has 2 N–H and O–H groups in total. The molecule has 6 nitrogen and oxygen atoms in total. The lowest BCUT2D eigenvalue weighted by atomic mass is 10.1. The van der Waals surface area contributed by atoms with Crippen molar-refractivity contribution in [3.8, 4) is 0 Å². The van der Waals surface area contributed by atoms with Gasteiger partial charge in [0.1, 0.15) is 10.6 Å². The van der Waals surface area contributed by atoms with Crippen LogP contribution in [0.25, 0.3) is 0 Å². The molecule has 0 saturated carbocycles. The first-order chi connectivity index (χ1) is 9.81. The van der Waals surface area contributed by atoms with E-state index in [9.17, 15) is 13.2 Å². The molecule has 0 amide bonds. The quantitative estimate of drug-likeness (QED) is 0.881. The molecule has 21 heavy (non-hydrogen) atoms. The number of benzene rings is 1. The van der Waals surface area contributed by atoms with E-state index in [2.05, 4.69) is 4.72 Å². The number of carbonyl (C=O) groups is 1. The lowest BCUT2D eigenvalue weighted by molar-refractivity contribution is 0.0686. The van der Waals surface area contributed by atoms with Crippen LogP contribution >= 0.6 is 0 Å². The highest BCUT2D eigenvalue weighted by molar-refractivity contribution is 7.89. The van der Waals surface area contributed by atoms with Gasteiger partial charge in [0, 0.05) is 19.3 Å². The zero-order valence-electron chi connectivity index (χ0n) is 11.6. The van der Waals surface area contributed by atoms with Crippen molar-refractivity contribution in [1.82, 2.24) is 9.29 Å². The van der Waals surface area contributed by atoms with Crippen LogP contribution in [0, 0.1) is 0 Å². The first-order valence-corrected chi connectivity index (χ1v) is 7.76. The molecule has 0 unspecified atom stereocenters. The molecule has 112 valence electrons. The number of aromatic carboxylic acids is 1. The number of hydrogen-bond donors (Lipinski definition) is 2. The summed E-state index contributed by atoms with van der Waals surface area (Å²) < 4.78 is 28.4. The number of rotatable bonds is 5. The molecule has 0 fully saturated rings. The Morgan fingerprint density at radius 1 is 1.29 bits per heavy atom. The van der Waals surface area contributed by atoms with Crippen molar-refractivity contribution in [2.24, 2.45) is 7.05 Å². The predicted molar refractivity (Wildman–Crippen MR) is 77.6 cm³/mol. The van der Waals surface area contributed by atoms with Crippen molar-refractivity contribution in [1.29, 1.82) is 0 Å². The van der Waals surface area contributed by atoms with Gasteiger partial charge in [-0.15, -0.1) is 0 Å². The molecular formula is C14H16N2O4S. The van der Waals surface area contributed by atoms with Gasteiger partial charge < -0.3 is 9.67 Å². The lowest BCUT2D eigenvalue weighted by Crippen LogP contribution is -2.26. The van der Waals surface area contributed by atoms with Crippen LogP contribution in [0.3, 0.4) is 0 Å². The number of aromatic nitrogens is 1. The molecule has 1 aromatic carbocycles. The standard InChI is InChI=1S/C14H16N2O4S/c1-10(11-6-4-3-5-7-11)15-21(19,20)12-8-13(14(17)18)16(2)9-12/h3-10,15H,1-2H3,(H,17,18)/t10-/m1/s1. The Kier molecular flexibility index (Phi) is 4.15. The number of carboxylic acids is 1. The maximum Gasteiger partial charge on any atom is 0.352 e. The molecule has 1 atom stereocenters. The van der Waals surface area contributed by atoms with Crippen LogP contribution < -0.4 is 4.72 Å². The fourth-order valence-corrected chi connectivity index (χ4v) is 3.31. The molecule has 0 saturated heterocycles. The summed E-state index contributed by atoms with van der Waals surface area (Å²) in [4.78, 5) is 10.9. The minimum atomic E-state index is -3.78. The fraction of sp³-hybridized carbons (Fsp3) is 0.214. The van der Waals surface area contributed by atoms with Crippen LogP contribution in [-0.2, 0) is 17.1 Å². The number of aryl methyl sites for hydroxylation is 1. The van der Waals surface area contributed by atoms with Crippen LogP contribution in [0.1, 0.15) is 29.0 Å². The van der Waals surface area contributed by atoms with Gasteiger partial charge in [-0.2, -0.15) is 0 Å². The van der Waals surface area contributed by atoms with Crippen molar-refractivity contribution in [3.63, 3.8) is 0 Å². The zero-order valence-corrected chi connectivity index (χ0v) is 12.5. The average molecular weight is 308 g/mol. The third kappa shape index (κ3) is 3.32. The predicted octanol–water partition coefficient (Wildman–Crippen LogP) is 1.76. The Hall–Kier alpha value is -2.12. The van der Waals surface area contributed by atoms with Gasteiger partial charge in [0.05, 0.1) is 0 Å². The van der Waals surface area contributed by atoms with Crippen molar-refractivity contribution in [2.75, 3.05) is 0 Å². The molecule has 2 rings (SSSR count). The van der Waals surface area contributed by atoms with Crippen molar-refractivity contribution < 1.29 is 18.3 Å². The first-order valence-electron chi connectivity index (χ1n) is 6.28. The van der Waals surface area contributed by atoms with Gasteiger partial charge in [0.2, 0.25) is 10.0 Å². The minimum absolute atomic E-state index is 0.0646. The smallest absolute Gasteiger partial charge is 0.352 e. The van der Waals surface area contributed by atoms with E-state index >= 15 is 0 Å². The molecule has 2 aromatic rings. The van der Waals surface area contributed by atoms with Crippen molar-refractivity contribution >= 4 is 16.0 Å². The molecule has 1 aromatic heterocycles. The second-order valence-electron chi connectivity index (χ2n) is 4.73. The molecule has 0 aliphatic carbocycles. The van der Waals surface area contributed by atoms with Gasteiger partial charge in [-0.05, 0) is 18.6 Å². The van der Waals surface area contributed by atoms with Crippen molar-refractivity contribution in [3.05, 3.63) is 53.9 Å². The van der Waals surface area contributed by atoms with Gasteiger partial charge in [0.15, 0.2) is 0 Å². The summed E-state index contributed by atoms with van der Waals surface area (Å²) in [6, 6.07) is 9.87. The van der Waals surface area contributed by atoms with E-state index < -0.39 is 22.0 Å². The summed E-state index contributed by atoms with van der Waals surface area (Å²) in [5.74, 6) is -1.17. The highest BCUT2D eigenvalue weighted by Gasteiger charge is 2.22. The summed E-state index contributed by atoms with van der Waals surface area (Å²) in [6.45, 7) is 1.73. The molecule has 0 aliphatic heterocycles. The molecule has 7 heteroatoms. The van der Waals surface area contributed by atoms with E-state index in [0.717, 1.165) is 11.6 Å². The SMILES string of the molecule is C[C@@H](NS(=O)(=O)c1cc(C(=O)O)n(C)c1)c1ccccc1. The third-order valence-electron chi connectivity index (χ3n) is 3.14. The Balaban J connectivity index is 2.27. The zero-order chi connectivity index (χ0) is 15.6. The Bertz CT molecular complexity index is 751. The summed E-state index contributed by atoms with van der Waals surface area (Å²) in [6.07, 6.45) is 1.28. The van der Waals surface area contributed by atoms with Gasteiger partial charge in [-0.3, -0.25) is 0 Å². The topological polar surface area (TPSA) is 88.4 Å². The van der Waals surface area contributed by atoms with Crippen LogP contribution in [0.2, 0.25) is 0 Å². The molecule has 1 heterocycles. The Morgan fingerprint density at radius 3 is 2.43 bits per heavy atom. The maximum absolute atomic E-state index is 12.3. The molecular weight excluding hydrogens is 292 g/mol. The largest absolute Gasteiger partial charge is 0.477 e. The molecule has 0 bridgehead atoms. The van der Waals surface area contributed by atoms with E-state index in [1.54, 1.807) is 6.92 Å². The molecule has 0 spiro atoms. The summed E-state index contributed by atoms with van der Waals surface area (Å²) in [5, 5.41) is 8.97. The van der Waals surface area contributed by atoms with E-state index in [1.807, 2.05) is 30.3 Å². The number of hydrogen-bond acceptors (Lipinski definition) is 3. The lowest BCUT2D eigenvalue weighted by Gasteiger charge is -2.13. The highest BCUT2D eigenvalue weighted by atomic mass is 32.2. The van der Waals surface area contributed by atoms with Crippen LogP contribution in [0.5, 0.6) is 0 Å². The normalized spacial score (nSPS) is 13.0. The Morgan fingerprint density at radius 2 is 1.90 bits per heavy atom. The van der Waals surface area contributed by atoms with E-state index in [0.29, 0.717) is 0 Å². The molecule has 0 radical (unpaired) electrons. The van der Waals surface area contributed by atoms with Gasteiger partial charge in [-0.1, -0.05) is 30.3 Å². The van der Waals surface area contributed by atoms with E-state index in [-0.39, 0.29) is 10.6 Å². The summed E-state index contributed by atoms with van der Waals surface area (Å²) in [5.41, 5.74) is 0.748. The summed E-state index contributed by atoms with van der Waals surface area (Å²) >= 11 is 0. The highest BCUT2D eigenvalue weighted by Crippen LogP contribution is 2.18. The second-order valence-corrected chi connectivity index (χ2v) is 6.44. The van der Waals surface area contributed by atoms with Gasteiger partial charge in [-0.25, -0.2) is 17.9 Å². The number of nitrogens with one attached hydrogen (secondary N) is 1. The molecule has 0 aliphatic rings. The average Bonchev–Trinajstić information content (AvgIpc) is 2.82. The van der Waals surface area contributed by atoms with Gasteiger partial charge >= 0.3 is 5.97 Å². The Labute approximate surface area is 123 Å². The summed E-state index contributed by atoms with van der Waals surface area (Å²) in [7, 11) is -2.29. The second kappa shape index (κ2) is 5.71. The monoisotopic (exact) mass is 308 g/mol. The van der Waals surface area contributed by atoms with Crippen molar-refractivity contribution in [2.45, 2.75) is 17.9 Å². The number of carboxylic acid groups (broad SMARTS) is 1. The maximum atomic E-state index is 12.3. The van der Waals surface area contributed by atoms with E-state index in [4.69, 9.17) is 5.11 Å². The van der Waals surface area contributed by atoms with Crippen LogP contribution in [0.15, 0.2) is 47.5 Å². The number of sulfonamides is 1. The number of nitrogens with zero attached hydrogens (tertiary/aromatic N) is 1. The fourth-order valence-electron chi connectivity index (χ4n) is 2.00. The third-order valence-corrected chi connectivity index (χ3v) is 4.65. The van der Waals surface area contributed by atoms with Crippen LogP contribution in [-0.4, -0.2) is 24.1 Å². The van der Waals surface area contributed by atoms with Crippen LogP contribution in [0.4, 0.5) is 0 Å². The van der Waals surface area contributed by atoms with E-state index in [1.165, 1.54) is 17.8 Å². The first kappa shape index (κ1) is 15.3.